The number of hydrogen-bond donors (Lipinski definition) is 2. The van der Waals surface area contributed by atoms with Gasteiger partial charge in [-0.15, -0.1) is 0 Å². The number of nitrogens with one attached hydrogen (secondary N) is 2. The van der Waals surface area contributed by atoms with Crippen LogP contribution in [-0.4, -0.2) is 45.5 Å². The van der Waals surface area contributed by atoms with Crippen LogP contribution in [0.15, 0.2) is 0 Å². The molecule has 2 aliphatic heterocycles. The highest BCUT2D eigenvalue weighted by Gasteiger charge is 2.24. The Morgan fingerprint density at radius 3 is 2.78 bits per heavy atom. The summed E-state index contributed by atoms with van der Waals surface area (Å²) in [4.78, 5) is 0. The van der Waals surface area contributed by atoms with Crippen LogP contribution >= 0.6 is 0 Å². The summed E-state index contributed by atoms with van der Waals surface area (Å²) in [5, 5.41) is 3.42. The molecule has 5 nitrogen and oxygen atoms in total. The Morgan fingerprint density at radius 2 is 2.11 bits per heavy atom. The normalized spacial score (nSPS) is 33.7. The first-order valence-electron chi connectivity index (χ1n) is 6.90. The third-order valence-corrected chi connectivity index (χ3v) is 5.11. The minimum atomic E-state index is -3.20. The number of ether oxygens (including phenoxy) is 1. The molecule has 0 amide bonds. The van der Waals surface area contributed by atoms with Gasteiger partial charge in [0, 0.05) is 25.2 Å². The van der Waals surface area contributed by atoms with Crippen LogP contribution in [0.5, 0.6) is 0 Å². The van der Waals surface area contributed by atoms with Gasteiger partial charge in [0.1, 0.15) is 0 Å². The molecule has 3 atom stereocenters. The fraction of sp³-hybridized carbons (Fsp3) is 1.00. The summed E-state index contributed by atoms with van der Waals surface area (Å²) < 4.78 is 31.9. The van der Waals surface area contributed by atoms with Gasteiger partial charge in [-0.1, -0.05) is 6.42 Å². The Bertz CT molecular complexity index is 352. The van der Waals surface area contributed by atoms with E-state index in [2.05, 4.69) is 17.0 Å². The largest absolute Gasteiger partial charge is 0.377 e. The molecule has 0 aliphatic carbocycles. The molecule has 2 heterocycles. The van der Waals surface area contributed by atoms with Gasteiger partial charge in [0.05, 0.1) is 11.9 Å². The lowest BCUT2D eigenvalue weighted by molar-refractivity contribution is 0.127. The molecule has 106 valence electrons. The molecule has 2 saturated heterocycles. The molecule has 0 aromatic carbocycles. The monoisotopic (exact) mass is 276 g/mol. The third-order valence-electron chi connectivity index (χ3n) is 3.69. The first kappa shape index (κ1) is 14.2. The summed E-state index contributed by atoms with van der Waals surface area (Å²) in [6.07, 6.45) is 5.13. The van der Waals surface area contributed by atoms with Crippen LogP contribution in [0, 0.1) is 0 Å². The van der Waals surface area contributed by atoms with Crippen LogP contribution < -0.4 is 10.0 Å². The fourth-order valence-corrected chi connectivity index (χ4v) is 4.03. The topological polar surface area (TPSA) is 67.4 Å². The summed E-state index contributed by atoms with van der Waals surface area (Å²) in [5.41, 5.74) is 0. The Hall–Kier alpha value is -0.170. The first-order valence-corrected chi connectivity index (χ1v) is 8.55. The third kappa shape index (κ3) is 4.50. The lowest BCUT2D eigenvalue weighted by Gasteiger charge is -2.28. The summed E-state index contributed by atoms with van der Waals surface area (Å²) in [5.74, 6) is 0.106. The van der Waals surface area contributed by atoms with Gasteiger partial charge in [-0.05, 0) is 32.6 Å². The van der Waals surface area contributed by atoms with Crippen LogP contribution in [-0.2, 0) is 14.8 Å². The molecule has 0 aromatic rings. The molecule has 6 heteroatoms. The van der Waals surface area contributed by atoms with Crippen molar-refractivity contribution in [2.24, 2.45) is 0 Å². The zero-order valence-corrected chi connectivity index (χ0v) is 11.8. The van der Waals surface area contributed by atoms with Crippen molar-refractivity contribution in [2.45, 2.75) is 57.2 Å². The second-order valence-corrected chi connectivity index (χ2v) is 7.31. The predicted molar refractivity (Wildman–Crippen MR) is 71.0 cm³/mol. The standard InChI is InChI=1S/C12H24N2O3S/c1-10-4-2-5-11(14-10)8-13-18(15,16)9-12-6-3-7-17-12/h10-14H,2-9H2,1H3. The molecule has 0 bridgehead atoms. The Balaban J connectivity index is 1.73. The zero-order valence-electron chi connectivity index (χ0n) is 11.0. The highest BCUT2D eigenvalue weighted by atomic mass is 32.2. The average Bonchev–Trinajstić information content (AvgIpc) is 2.79. The van der Waals surface area contributed by atoms with Gasteiger partial charge in [-0.25, -0.2) is 13.1 Å². The van der Waals surface area contributed by atoms with E-state index in [0.717, 1.165) is 19.3 Å². The van der Waals surface area contributed by atoms with E-state index in [0.29, 0.717) is 19.2 Å². The highest BCUT2D eigenvalue weighted by Crippen LogP contribution is 2.14. The molecule has 0 saturated carbocycles. The molecule has 2 N–H and O–H groups in total. The molecular formula is C12H24N2O3S. The minimum absolute atomic E-state index is 0.106. The lowest BCUT2D eigenvalue weighted by atomic mass is 10.00. The molecule has 2 aliphatic rings. The number of sulfonamides is 1. The van der Waals surface area contributed by atoms with Crippen molar-refractivity contribution in [3.63, 3.8) is 0 Å². The second-order valence-electron chi connectivity index (χ2n) is 5.46. The van der Waals surface area contributed by atoms with E-state index in [1.165, 1.54) is 12.8 Å². The van der Waals surface area contributed by atoms with Gasteiger partial charge in [0.2, 0.25) is 10.0 Å². The van der Waals surface area contributed by atoms with E-state index in [9.17, 15) is 8.42 Å². The molecule has 0 radical (unpaired) electrons. The zero-order chi connectivity index (χ0) is 13.0. The van der Waals surface area contributed by atoms with E-state index in [1.54, 1.807) is 0 Å². The second kappa shape index (κ2) is 6.32. The number of hydrogen-bond acceptors (Lipinski definition) is 4. The SMILES string of the molecule is CC1CCCC(CNS(=O)(=O)CC2CCCO2)N1. The molecule has 0 spiro atoms. The van der Waals surface area contributed by atoms with Crippen molar-refractivity contribution < 1.29 is 13.2 Å². The Labute approximate surface area is 110 Å². The number of piperidine rings is 1. The Morgan fingerprint density at radius 1 is 1.28 bits per heavy atom. The van der Waals surface area contributed by atoms with E-state index in [1.807, 2.05) is 0 Å². The van der Waals surface area contributed by atoms with Crippen LogP contribution in [0.4, 0.5) is 0 Å². The van der Waals surface area contributed by atoms with Gasteiger partial charge in [0.25, 0.3) is 0 Å². The van der Waals surface area contributed by atoms with Crippen LogP contribution in [0.2, 0.25) is 0 Å². The smallest absolute Gasteiger partial charge is 0.214 e. The van der Waals surface area contributed by atoms with Crippen LogP contribution in [0.25, 0.3) is 0 Å². The van der Waals surface area contributed by atoms with Gasteiger partial charge in [-0.3, -0.25) is 0 Å². The summed E-state index contributed by atoms with van der Waals surface area (Å²) in [6.45, 7) is 3.34. The van der Waals surface area contributed by atoms with Gasteiger partial charge in [-0.2, -0.15) is 0 Å². The van der Waals surface area contributed by atoms with Crippen LogP contribution in [0.1, 0.15) is 39.0 Å². The molecule has 2 fully saturated rings. The predicted octanol–water partition coefficient (Wildman–Crippen LogP) is 0.615. The van der Waals surface area contributed by atoms with Gasteiger partial charge in [0.15, 0.2) is 0 Å². The fourth-order valence-electron chi connectivity index (χ4n) is 2.71. The van der Waals surface area contributed by atoms with Gasteiger partial charge >= 0.3 is 0 Å². The van der Waals surface area contributed by atoms with Gasteiger partial charge < -0.3 is 10.1 Å². The number of rotatable bonds is 5. The van der Waals surface area contributed by atoms with E-state index < -0.39 is 10.0 Å². The summed E-state index contributed by atoms with van der Waals surface area (Å²) >= 11 is 0. The summed E-state index contributed by atoms with van der Waals surface area (Å²) in [7, 11) is -3.20. The minimum Gasteiger partial charge on any atom is -0.377 e. The van der Waals surface area contributed by atoms with E-state index in [-0.39, 0.29) is 17.9 Å². The molecular weight excluding hydrogens is 252 g/mol. The molecule has 3 unspecified atom stereocenters. The van der Waals surface area contributed by atoms with E-state index >= 15 is 0 Å². The molecule has 0 aromatic heterocycles. The first-order chi connectivity index (χ1) is 8.55. The highest BCUT2D eigenvalue weighted by molar-refractivity contribution is 7.89. The van der Waals surface area contributed by atoms with Crippen molar-refractivity contribution in [1.29, 1.82) is 0 Å². The quantitative estimate of drug-likeness (QED) is 0.772. The maximum atomic E-state index is 11.9. The molecule has 18 heavy (non-hydrogen) atoms. The van der Waals surface area contributed by atoms with Crippen molar-refractivity contribution in [1.82, 2.24) is 10.0 Å². The maximum absolute atomic E-state index is 11.9. The summed E-state index contributed by atoms with van der Waals surface area (Å²) in [6, 6.07) is 0.763. The van der Waals surface area contributed by atoms with Crippen molar-refractivity contribution in [2.75, 3.05) is 18.9 Å². The Kier molecular flexibility index (Phi) is 5.00. The average molecular weight is 276 g/mol. The maximum Gasteiger partial charge on any atom is 0.214 e. The molecule has 2 rings (SSSR count). The van der Waals surface area contributed by atoms with Crippen molar-refractivity contribution >= 4 is 10.0 Å². The lowest BCUT2D eigenvalue weighted by Crippen LogP contribution is -2.48. The van der Waals surface area contributed by atoms with E-state index in [4.69, 9.17) is 4.74 Å². The van der Waals surface area contributed by atoms with Crippen LogP contribution in [0.3, 0.4) is 0 Å². The van der Waals surface area contributed by atoms with Crippen molar-refractivity contribution in [3.8, 4) is 0 Å². The van der Waals surface area contributed by atoms with Crippen molar-refractivity contribution in [3.05, 3.63) is 0 Å².